The molecule has 1 heteroatoms. The quantitative estimate of drug-likeness (QED) is 0.289. The molecular weight excluding hydrogens is 124 g/mol. The molecule has 1 aromatic carbocycles. The van der Waals surface area contributed by atoms with Gasteiger partial charge in [-0.3, -0.25) is 0 Å². The number of hydrogen-bond acceptors (Lipinski definition) is 0. The van der Waals surface area contributed by atoms with Crippen LogP contribution in [0.1, 0.15) is 5.56 Å². The predicted molar refractivity (Wildman–Crippen MR) is 38.3 cm³/mol. The normalized spacial score (nSPS) is 6.50. The van der Waals surface area contributed by atoms with Crippen molar-refractivity contribution in [1.82, 2.24) is 0 Å². The Labute approximate surface area is 60.4 Å². The van der Waals surface area contributed by atoms with Gasteiger partial charge in [0.15, 0.2) is 0 Å². The third-order valence-electron chi connectivity index (χ3n) is 0.940. The van der Waals surface area contributed by atoms with E-state index >= 15 is 0 Å². The molecule has 0 amide bonds. The second kappa shape index (κ2) is 5.65. The fraction of sp³-hybridized carbons (Fsp3) is 0. The molecule has 0 radical (unpaired) electrons. The van der Waals surface area contributed by atoms with Crippen LogP contribution in [-0.4, -0.2) is 0 Å². The van der Waals surface area contributed by atoms with Crippen molar-refractivity contribution in [2.24, 2.45) is 0 Å². The molecule has 1 rings (SSSR count). The molecule has 0 aliphatic rings. The summed E-state index contributed by atoms with van der Waals surface area (Å²) in [6.07, 6.45) is 5.10. The molecule has 0 bridgehead atoms. The Morgan fingerprint density at radius 3 is 2.00 bits per heavy atom. The molecule has 1 aromatic rings. The van der Waals surface area contributed by atoms with Gasteiger partial charge in [0, 0.05) is 5.56 Å². The third-order valence-corrected chi connectivity index (χ3v) is 0.940. The average molecular weight is 130 g/mol. The van der Waals surface area contributed by atoms with Gasteiger partial charge in [0.1, 0.15) is 0 Å². The van der Waals surface area contributed by atoms with Gasteiger partial charge in [0.25, 0.3) is 0 Å². The van der Waals surface area contributed by atoms with Crippen molar-refractivity contribution in [2.45, 2.75) is 0 Å². The van der Waals surface area contributed by atoms with E-state index in [9.17, 15) is 0 Å². The van der Waals surface area contributed by atoms with Crippen LogP contribution >= 0.6 is 0 Å². The van der Waals surface area contributed by atoms with E-state index in [1.807, 2.05) is 30.3 Å². The van der Waals surface area contributed by atoms with Crippen LogP contribution in [-0.2, 0) is 4.65 Å². The van der Waals surface area contributed by atoms with Crippen molar-refractivity contribution >= 4 is 0 Å². The zero-order valence-electron chi connectivity index (χ0n) is 5.37. The fourth-order valence-corrected chi connectivity index (χ4v) is 0.534. The Hall–Kier alpha value is -1.48. The van der Waals surface area contributed by atoms with Gasteiger partial charge in [-0.25, -0.2) is 0 Å². The Bertz CT molecular complexity index is 228. The van der Waals surface area contributed by atoms with Crippen LogP contribution in [0.3, 0.4) is 0 Å². The van der Waals surface area contributed by atoms with Gasteiger partial charge in [-0.2, -0.15) is 0 Å². The van der Waals surface area contributed by atoms with E-state index in [1.54, 1.807) is 0 Å². The van der Waals surface area contributed by atoms with Gasteiger partial charge in [-0.1, -0.05) is 24.1 Å². The second-order valence-corrected chi connectivity index (χ2v) is 1.51. The molecule has 0 fully saturated rings. The van der Waals surface area contributed by atoms with Crippen LogP contribution < -0.4 is 0 Å². The minimum absolute atomic E-state index is 0.938. The van der Waals surface area contributed by atoms with Gasteiger partial charge in [-0.15, -0.1) is 6.42 Å². The summed E-state index contributed by atoms with van der Waals surface area (Å²) in [4.78, 5) is 0. The molecule has 48 valence electrons. The van der Waals surface area contributed by atoms with Crippen molar-refractivity contribution in [1.29, 1.82) is 0 Å². The van der Waals surface area contributed by atoms with Crippen molar-refractivity contribution in [3.8, 4) is 12.3 Å². The van der Waals surface area contributed by atoms with Crippen LogP contribution in [0.15, 0.2) is 30.3 Å². The predicted octanol–water partition coefficient (Wildman–Crippen LogP) is 1.63. The van der Waals surface area contributed by atoms with E-state index in [1.165, 1.54) is 0 Å². The van der Waals surface area contributed by atoms with Crippen LogP contribution in [0.2, 0.25) is 0 Å². The van der Waals surface area contributed by atoms with Gasteiger partial charge in [-0.05, 0) is 12.1 Å². The second-order valence-electron chi connectivity index (χ2n) is 1.51. The number of hydrogen-bond donors (Lipinski definition) is 0. The summed E-state index contributed by atoms with van der Waals surface area (Å²) in [5, 5.41) is 0. The zero-order chi connectivity index (χ0) is 7.82. The standard InChI is InChI=1S/C8H6.CO/c1-2-8-6-4-3-5-7-8;1-2/h1,3-7H;. The van der Waals surface area contributed by atoms with E-state index < -0.39 is 0 Å². The Morgan fingerprint density at radius 1 is 1.20 bits per heavy atom. The molecule has 0 saturated carbocycles. The first-order valence-electron chi connectivity index (χ1n) is 2.65. The van der Waals surface area contributed by atoms with E-state index in [2.05, 4.69) is 12.6 Å². The SMILES string of the molecule is C#Cc1ccccc1.[C-]#[O+]. The average Bonchev–Trinajstić information content (AvgIpc) is 2.10. The Balaban J connectivity index is 0.000000371. The van der Waals surface area contributed by atoms with Gasteiger partial charge in [0.2, 0.25) is 0 Å². The van der Waals surface area contributed by atoms with Crippen molar-refractivity contribution in [2.75, 3.05) is 0 Å². The maximum atomic E-state index is 7.50. The number of terminal acetylenes is 1. The summed E-state index contributed by atoms with van der Waals surface area (Å²) in [5.74, 6) is 2.53. The van der Waals surface area contributed by atoms with Gasteiger partial charge >= 0.3 is 11.3 Å². The van der Waals surface area contributed by atoms with E-state index in [0.29, 0.717) is 0 Å². The summed E-state index contributed by atoms with van der Waals surface area (Å²) in [6, 6.07) is 9.60. The topological polar surface area (TPSA) is 19.9 Å². The third kappa shape index (κ3) is 2.74. The molecule has 0 aliphatic heterocycles. The minimum atomic E-state index is 0.938. The van der Waals surface area contributed by atoms with E-state index in [4.69, 9.17) is 11.1 Å². The monoisotopic (exact) mass is 130 g/mol. The molecule has 0 heterocycles. The van der Waals surface area contributed by atoms with E-state index in [0.717, 1.165) is 5.56 Å². The van der Waals surface area contributed by atoms with Crippen LogP contribution in [0.25, 0.3) is 0 Å². The maximum absolute atomic E-state index is 7.50. The summed E-state index contributed by atoms with van der Waals surface area (Å²) < 4.78 is 7.50. The fourth-order valence-electron chi connectivity index (χ4n) is 0.534. The zero-order valence-corrected chi connectivity index (χ0v) is 5.37. The summed E-state index contributed by atoms with van der Waals surface area (Å²) in [7, 11) is 0. The Morgan fingerprint density at radius 2 is 1.70 bits per heavy atom. The first kappa shape index (κ1) is 8.52. The van der Waals surface area contributed by atoms with Crippen LogP contribution in [0, 0.1) is 19.0 Å². The number of benzene rings is 1. The molecule has 0 aromatic heterocycles. The molecule has 0 saturated heterocycles. The molecule has 0 aliphatic carbocycles. The molecule has 0 unspecified atom stereocenters. The van der Waals surface area contributed by atoms with Crippen molar-refractivity contribution < 1.29 is 4.65 Å². The van der Waals surface area contributed by atoms with Crippen LogP contribution in [0.4, 0.5) is 0 Å². The Kier molecular flexibility index (Phi) is 4.82. The summed E-state index contributed by atoms with van der Waals surface area (Å²) in [6.45, 7) is 4.50. The molecule has 0 spiro atoms. The van der Waals surface area contributed by atoms with Crippen LogP contribution in [0.5, 0.6) is 0 Å². The molecular formula is C9H6O. The molecule has 1 nitrogen and oxygen atoms in total. The van der Waals surface area contributed by atoms with Gasteiger partial charge < -0.3 is 0 Å². The van der Waals surface area contributed by atoms with Gasteiger partial charge in [0.05, 0.1) is 0 Å². The van der Waals surface area contributed by atoms with E-state index in [-0.39, 0.29) is 0 Å². The molecule has 0 atom stereocenters. The summed E-state index contributed by atoms with van der Waals surface area (Å²) >= 11 is 0. The first-order chi connectivity index (χ1) is 4.93. The summed E-state index contributed by atoms with van der Waals surface area (Å²) in [5.41, 5.74) is 0.938. The van der Waals surface area contributed by atoms with Crippen molar-refractivity contribution in [3.63, 3.8) is 0 Å². The molecule has 0 N–H and O–H groups in total. The first-order valence-corrected chi connectivity index (χ1v) is 2.65. The van der Waals surface area contributed by atoms with Crippen molar-refractivity contribution in [3.05, 3.63) is 42.5 Å². The molecule has 10 heavy (non-hydrogen) atoms. The number of rotatable bonds is 0.